The molecule has 1 unspecified atom stereocenters. The molecule has 0 saturated heterocycles. The number of hydrogen-bond donors (Lipinski definition) is 5. The predicted molar refractivity (Wildman–Crippen MR) is 119 cm³/mol. The van der Waals surface area contributed by atoms with E-state index in [-0.39, 0.29) is 24.8 Å². The number of halogens is 3. The van der Waals surface area contributed by atoms with Crippen LogP contribution >= 0.6 is 11.3 Å². The first kappa shape index (κ1) is 23.6. The zero-order valence-corrected chi connectivity index (χ0v) is 18.7. The molecule has 0 aliphatic heterocycles. The van der Waals surface area contributed by atoms with Gasteiger partial charge >= 0.3 is 6.18 Å². The number of benzene rings is 1. The molecule has 1 aromatic carbocycles. The maximum Gasteiger partial charge on any atom is 0.408 e. The summed E-state index contributed by atoms with van der Waals surface area (Å²) in [6.07, 6.45) is -6.56. The average molecular weight is 484 g/mol. The van der Waals surface area contributed by atoms with Crippen molar-refractivity contribution in [1.82, 2.24) is 15.0 Å². The van der Waals surface area contributed by atoms with Crippen LogP contribution in [-0.2, 0) is 0 Å². The molecule has 0 radical (unpaired) electrons. The van der Waals surface area contributed by atoms with Crippen LogP contribution in [0, 0.1) is 12.8 Å². The topological polar surface area (TPSA) is 123 Å². The lowest BCUT2D eigenvalue weighted by atomic mass is 10.1. The van der Waals surface area contributed by atoms with Crippen LogP contribution in [0.5, 0.6) is 0 Å². The molecular formula is C21H24F3N5O3S. The molecule has 0 amide bonds. The number of aliphatic hydroxyl groups is 3. The van der Waals surface area contributed by atoms with Gasteiger partial charge in [-0.2, -0.15) is 18.2 Å². The van der Waals surface area contributed by atoms with Crippen LogP contribution in [0.25, 0.3) is 20.8 Å². The van der Waals surface area contributed by atoms with Crippen LogP contribution in [0.15, 0.2) is 24.3 Å². The van der Waals surface area contributed by atoms with Crippen molar-refractivity contribution in [2.24, 2.45) is 5.92 Å². The zero-order valence-electron chi connectivity index (χ0n) is 17.8. The minimum Gasteiger partial charge on any atom is -0.396 e. The minimum absolute atomic E-state index is 0.188. The third kappa shape index (κ3) is 4.74. The van der Waals surface area contributed by atoms with Crippen LogP contribution in [0.3, 0.4) is 0 Å². The number of rotatable bonds is 6. The largest absolute Gasteiger partial charge is 0.408 e. The summed E-state index contributed by atoms with van der Waals surface area (Å²) in [5.41, 5.74) is 1.65. The van der Waals surface area contributed by atoms with Gasteiger partial charge in [-0.15, -0.1) is 11.3 Å². The summed E-state index contributed by atoms with van der Waals surface area (Å²) in [5, 5.41) is 36.0. The van der Waals surface area contributed by atoms with E-state index in [1.807, 2.05) is 24.3 Å². The predicted octanol–water partition coefficient (Wildman–Crippen LogP) is 2.94. The Morgan fingerprint density at radius 2 is 1.88 bits per heavy atom. The van der Waals surface area contributed by atoms with E-state index in [1.165, 1.54) is 11.3 Å². The van der Waals surface area contributed by atoms with E-state index in [9.17, 15) is 28.5 Å². The molecule has 1 aliphatic rings. The second-order valence-electron chi connectivity index (χ2n) is 8.16. The molecule has 0 spiro atoms. The number of thiazole rings is 1. The lowest BCUT2D eigenvalue weighted by Gasteiger charge is -2.22. The normalized spacial score (nSPS) is 24.2. The third-order valence-electron chi connectivity index (χ3n) is 5.79. The van der Waals surface area contributed by atoms with Gasteiger partial charge in [-0.25, -0.2) is 9.97 Å². The Morgan fingerprint density at radius 3 is 2.52 bits per heavy atom. The molecule has 1 fully saturated rings. The number of hydrogen-bond acceptors (Lipinski definition) is 9. The number of fused-ring (bicyclic) bond motifs is 1. The lowest BCUT2D eigenvalue weighted by molar-refractivity contribution is -0.138. The fourth-order valence-corrected chi connectivity index (χ4v) is 4.94. The molecule has 1 aliphatic carbocycles. The number of anilines is 2. The van der Waals surface area contributed by atoms with Gasteiger partial charge in [0.1, 0.15) is 23.0 Å². The van der Waals surface area contributed by atoms with E-state index >= 15 is 0 Å². The summed E-state index contributed by atoms with van der Waals surface area (Å²) in [5.74, 6) is -0.570. The van der Waals surface area contributed by atoms with Gasteiger partial charge in [0.2, 0.25) is 5.95 Å². The van der Waals surface area contributed by atoms with Gasteiger partial charge in [0.25, 0.3) is 0 Å². The molecule has 5 atom stereocenters. The van der Waals surface area contributed by atoms with Gasteiger partial charge in [0.15, 0.2) is 0 Å². The third-order valence-corrected chi connectivity index (χ3v) is 6.85. The van der Waals surface area contributed by atoms with Crippen molar-refractivity contribution >= 4 is 33.3 Å². The fourth-order valence-electron chi connectivity index (χ4n) is 3.88. The number of alkyl halides is 3. The van der Waals surface area contributed by atoms with Crippen molar-refractivity contribution in [3.63, 3.8) is 0 Å². The molecule has 5 N–H and O–H groups in total. The zero-order chi connectivity index (χ0) is 23.9. The Balaban J connectivity index is 1.76. The van der Waals surface area contributed by atoms with Crippen molar-refractivity contribution in [2.75, 3.05) is 17.2 Å². The highest BCUT2D eigenvalue weighted by molar-refractivity contribution is 7.21. The number of para-hydroxylation sites is 1. The second-order valence-corrected chi connectivity index (χ2v) is 9.19. The Labute approximate surface area is 191 Å². The number of nitrogens with zero attached hydrogens (tertiary/aromatic N) is 3. The van der Waals surface area contributed by atoms with Gasteiger partial charge in [-0.05, 0) is 32.4 Å². The van der Waals surface area contributed by atoms with Gasteiger partial charge in [-0.3, -0.25) is 0 Å². The molecule has 1 saturated carbocycles. The van der Waals surface area contributed by atoms with Crippen molar-refractivity contribution in [3.8, 4) is 10.6 Å². The lowest BCUT2D eigenvalue weighted by Crippen LogP contribution is -2.36. The van der Waals surface area contributed by atoms with Crippen LogP contribution in [0.2, 0.25) is 0 Å². The highest BCUT2D eigenvalue weighted by Crippen LogP contribution is 2.38. The second kappa shape index (κ2) is 9.01. The Kier molecular flexibility index (Phi) is 6.45. The Morgan fingerprint density at radius 1 is 1.15 bits per heavy atom. The first-order valence-corrected chi connectivity index (χ1v) is 11.2. The Bertz CT molecular complexity index is 1110. The molecule has 12 heteroatoms. The summed E-state index contributed by atoms with van der Waals surface area (Å²) in [6.45, 7) is 2.31. The van der Waals surface area contributed by atoms with Gasteiger partial charge in [-0.1, -0.05) is 12.1 Å². The first-order chi connectivity index (χ1) is 15.6. The van der Waals surface area contributed by atoms with Gasteiger partial charge in [0.05, 0.1) is 33.6 Å². The number of aromatic nitrogens is 3. The molecule has 8 nitrogen and oxygen atoms in total. The van der Waals surface area contributed by atoms with Gasteiger partial charge < -0.3 is 26.0 Å². The van der Waals surface area contributed by atoms with E-state index in [4.69, 9.17) is 0 Å². The van der Waals surface area contributed by atoms with Crippen LogP contribution in [0.1, 0.15) is 19.0 Å². The van der Waals surface area contributed by atoms with E-state index in [2.05, 4.69) is 25.6 Å². The SMILES string of the molecule is Cc1nc(N[C@H](C)C(F)(F)F)nc(NC2C[C@H](CO)[C@@H](O)[C@H]2O)c1-c1nc2ccccc2s1. The van der Waals surface area contributed by atoms with Crippen molar-refractivity contribution in [1.29, 1.82) is 0 Å². The van der Waals surface area contributed by atoms with Crippen molar-refractivity contribution in [3.05, 3.63) is 30.0 Å². The molecule has 4 rings (SSSR count). The maximum absolute atomic E-state index is 13.1. The Hall–Kier alpha value is -2.54. The summed E-state index contributed by atoms with van der Waals surface area (Å²) in [4.78, 5) is 13.1. The molecule has 0 bridgehead atoms. The molecule has 3 aromatic rings. The first-order valence-electron chi connectivity index (χ1n) is 10.4. The molecule has 2 aromatic heterocycles. The van der Waals surface area contributed by atoms with Crippen LogP contribution < -0.4 is 10.6 Å². The monoisotopic (exact) mass is 483 g/mol. The van der Waals surface area contributed by atoms with Crippen molar-refractivity contribution < 1.29 is 28.5 Å². The summed E-state index contributed by atoms with van der Waals surface area (Å²) < 4.78 is 40.1. The van der Waals surface area contributed by atoms with Crippen LogP contribution in [-0.4, -0.2) is 67.3 Å². The fraction of sp³-hybridized carbons (Fsp3) is 0.476. The van der Waals surface area contributed by atoms with E-state index < -0.39 is 36.4 Å². The highest BCUT2D eigenvalue weighted by atomic mass is 32.1. The van der Waals surface area contributed by atoms with E-state index in [0.717, 1.165) is 17.1 Å². The highest BCUT2D eigenvalue weighted by Gasteiger charge is 2.42. The molecule has 178 valence electrons. The van der Waals surface area contributed by atoms with E-state index in [0.29, 0.717) is 16.3 Å². The van der Waals surface area contributed by atoms with Crippen LogP contribution in [0.4, 0.5) is 24.9 Å². The maximum atomic E-state index is 13.1. The number of aryl methyl sites for hydroxylation is 1. The van der Waals surface area contributed by atoms with E-state index in [1.54, 1.807) is 6.92 Å². The molecular weight excluding hydrogens is 459 g/mol. The standard InChI is InChI=1S/C21H24F3N5O3S/c1-9-15(19-28-12-5-3-4-6-14(12)33-19)18(27-13-7-11(8-30)16(31)17(13)32)29-20(25-9)26-10(2)21(22,23)24/h3-6,10-11,13,16-17,30-32H,7-8H2,1-2H3,(H2,25,26,27,29)/t10-,11-,13?,16-,17+/m1/s1. The number of nitrogens with one attached hydrogen (secondary N) is 2. The quantitative estimate of drug-likeness (QED) is 0.363. The molecule has 2 heterocycles. The summed E-state index contributed by atoms with van der Waals surface area (Å²) in [7, 11) is 0. The average Bonchev–Trinajstić information content (AvgIpc) is 3.28. The van der Waals surface area contributed by atoms with Gasteiger partial charge in [0, 0.05) is 12.5 Å². The van der Waals surface area contributed by atoms with Crippen molar-refractivity contribution in [2.45, 2.75) is 50.7 Å². The summed E-state index contributed by atoms with van der Waals surface area (Å²) >= 11 is 1.38. The minimum atomic E-state index is -4.49. The summed E-state index contributed by atoms with van der Waals surface area (Å²) in [6, 6.07) is 4.93. The molecule has 33 heavy (non-hydrogen) atoms. The smallest absolute Gasteiger partial charge is 0.396 e. The number of aliphatic hydroxyl groups excluding tert-OH is 3.